The zero-order chi connectivity index (χ0) is 20.2. The Kier molecular flexibility index (Phi) is 5.55. The van der Waals surface area contributed by atoms with E-state index >= 15 is 0 Å². The largest absolute Gasteiger partial charge is 0.494 e. The average molecular weight is 396 g/mol. The second-order valence-corrected chi connectivity index (χ2v) is 7.03. The van der Waals surface area contributed by atoms with Crippen LogP contribution in [0.5, 0.6) is 17.2 Å². The summed E-state index contributed by atoms with van der Waals surface area (Å²) in [5.74, 6) is 1.41. The molecule has 0 aromatic heterocycles. The molecular formula is C22H24N2O5. The van der Waals surface area contributed by atoms with Gasteiger partial charge < -0.3 is 24.4 Å². The minimum atomic E-state index is -0.412. The van der Waals surface area contributed by atoms with Gasteiger partial charge in [-0.2, -0.15) is 0 Å². The number of anilines is 2. The fourth-order valence-corrected chi connectivity index (χ4v) is 3.51. The first kappa shape index (κ1) is 19.1. The lowest BCUT2D eigenvalue weighted by Crippen LogP contribution is -2.28. The number of hydrogen-bond acceptors (Lipinski definition) is 5. The second-order valence-electron chi connectivity index (χ2n) is 7.03. The van der Waals surface area contributed by atoms with Gasteiger partial charge in [-0.05, 0) is 43.3 Å². The molecule has 2 aliphatic rings. The van der Waals surface area contributed by atoms with Crippen molar-refractivity contribution in [2.75, 3.05) is 36.6 Å². The Hall–Kier alpha value is -3.22. The van der Waals surface area contributed by atoms with Crippen molar-refractivity contribution in [3.8, 4) is 17.2 Å². The number of carbonyl (C=O) groups is 2. The van der Waals surface area contributed by atoms with Crippen LogP contribution in [0.2, 0.25) is 0 Å². The first-order chi connectivity index (χ1) is 14.1. The van der Waals surface area contributed by atoms with Crippen LogP contribution in [0, 0.1) is 5.92 Å². The molecule has 0 spiro atoms. The third kappa shape index (κ3) is 4.29. The highest BCUT2D eigenvalue weighted by Crippen LogP contribution is 2.33. The Morgan fingerprint density at radius 3 is 2.66 bits per heavy atom. The molecule has 1 saturated heterocycles. The van der Waals surface area contributed by atoms with Gasteiger partial charge >= 0.3 is 0 Å². The van der Waals surface area contributed by atoms with E-state index in [4.69, 9.17) is 14.2 Å². The third-order valence-corrected chi connectivity index (χ3v) is 4.97. The average Bonchev–Trinajstić information content (AvgIpc) is 2.96. The highest BCUT2D eigenvalue weighted by Gasteiger charge is 2.35. The topological polar surface area (TPSA) is 77.1 Å². The van der Waals surface area contributed by atoms with E-state index in [9.17, 15) is 9.59 Å². The number of nitrogens with one attached hydrogen (secondary N) is 1. The van der Waals surface area contributed by atoms with E-state index in [-0.39, 0.29) is 18.2 Å². The molecule has 2 heterocycles. The van der Waals surface area contributed by atoms with E-state index in [2.05, 4.69) is 5.32 Å². The molecule has 29 heavy (non-hydrogen) atoms. The molecule has 0 radical (unpaired) electrons. The summed E-state index contributed by atoms with van der Waals surface area (Å²) in [7, 11) is 0. The Labute approximate surface area is 169 Å². The maximum Gasteiger partial charge on any atom is 0.229 e. The molecule has 152 valence electrons. The van der Waals surface area contributed by atoms with Gasteiger partial charge in [-0.3, -0.25) is 9.59 Å². The molecule has 4 rings (SSSR count). The van der Waals surface area contributed by atoms with Crippen molar-refractivity contribution in [2.45, 2.75) is 19.8 Å². The van der Waals surface area contributed by atoms with Crippen LogP contribution in [0.1, 0.15) is 19.8 Å². The number of hydrogen-bond donors (Lipinski definition) is 1. The summed E-state index contributed by atoms with van der Waals surface area (Å²) in [5, 5.41) is 2.90. The summed E-state index contributed by atoms with van der Waals surface area (Å²) in [6, 6.07) is 12.7. The smallest absolute Gasteiger partial charge is 0.229 e. The van der Waals surface area contributed by atoms with Crippen molar-refractivity contribution in [3.05, 3.63) is 42.5 Å². The molecule has 0 aliphatic carbocycles. The number of amides is 2. The van der Waals surface area contributed by atoms with E-state index < -0.39 is 5.92 Å². The van der Waals surface area contributed by atoms with Crippen molar-refractivity contribution < 1.29 is 23.8 Å². The fourth-order valence-electron chi connectivity index (χ4n) is 3.51. The van der Waals surface area contributed by atoms with E-state index in [1.165, 1.54) is 0 Å². The van der Waals surface area contributed by atoms with Crippen LogP contribution in [0.25, 0.3) is 0 Å². The number of benzene rings is 2. The van der Waals surface area contributed by atoms with Gasteiger partial charge in [0.05, 0.1) is 25.7 Å². The minimum absolute atomic E-state index is 0.0621. The van der Waals surface area contributed by atoms with Crippen molar-refractivity contribution in [1.29, 1.82) is 0 Å². The van der Waals surface area contributed by atoms with E-state index in [1.807, 2.05) is 31.2 Å². The van der Waals surface area contributed by atoms with Crippen LogP contribution in [-0.2, 0) is 9.59 Å². The Morgan fingerprint density at radius 1 is 1.14 bits per heavy atom. The molecule has 2 aliphatic heterocycles. The molecule has 7 nitrogen and oxygen atoms in total. The highest BCUT2D eigenvalue weighted by atomic mass is 16.5. The van der Waals surface area contributed by atoms with Crippen LogP contribution >= 0.6 is 0 Å². The fraction of sp³-hybridized carbons (Fsp3) is 0.364. The lowest BCUT2D eigenvalue weighted by atomic mass is 10.1. The maximum atomic E-state index is 12.7. The number of rotatable bonds is 5. The SMILES string of the molecule is CCOc1ccc(N2C[C@H](C(=O)Nc3ccc4c(c3)OCCCO4)CC2=O)cc1. The van der Waals surface area contributed by atoms with Gasteiger partial charge in [-0.15, -0.1) is 0 Å². The predicted molar refractivity (Wildman–Crippen MR) is 109 cm³/mol. The lowest BCUT2D eigenvalue weighted by molar-refractivity contribution is -0.122. The molecule has 7 heteroatoms. The quantitative estimate of drug-likeness (QED) is 0.840. The molecular weight excluding hydrogens is 372 g/mol. The van der Waals surface area contributed by atoms with Crippen molar-refractivity contribution in [2.24, 2.45) is 5.92 Å². The van der Waals surface area contributed by atoms with Gasteiger partial charge in [-0.1, -0.05) is 0 Å². The summed E-state index contributed by atoms with van der Waals surface area (Å²) >= 11 is 0. The van der Waals surface area contributed by atoms with Gasteiger partial charge in [0.25, 0.3) is 0 Å². The third-order valence-electron chi connectivity index (χ3n) is 4.97. The first-order valence-corrected chi connectivity index (χ1v) is 9.88. The van der Waals surface area contributed by atoms with Gasteiger partial charge in [0.1, 0.15) is 5.75 Å². The van der Waals surface area contributed by atoms with Gasteiger partial charge in [-0.25, -0.2) is 0 Å². The minimum Gasteiger partial charge on any atom is -0.494 e. The molecule has 2 amide bonds. The monoisotopic (exact) mass is 396 g/mol. The molecule has 2 aromatic carbocycles. The molecule has 1 fully saturated rings. The van der Waals surface area contributed by atoms with Crippen molar-refractivity contribution in [1.82, 2.24) is 0 Å². The molecule has 0 saturated carbocycles. The van der Waals surface area contributed by atoms with Gasteiger partial charge in [0, 0.05) is 36.8 Å². The number of carbonyl (C=O) groups excluding carboxylic acids is 2. The Balaban J connectivity index is 1.41. The predicted octanol–water partition coefficient (Wildman–Crippen LogP) is 3.24. The maximum absolute atomic E-state index is 12.7. The number of ether oxygens (including phenoxy) is 3. The Morgan fingerprint density at radius 2 is 1.90 bits per heavy atom. The summed E-state index contributed by atoms with van der Waals surface area (Å²) < 4.78 is 16.7. The van der Waals surface area contributed by atoms with E-state index in [1.54, 1.807) is 23.1 Å². The van der Waals surface area contributed by atoms with Crippen LogP contribution in [0.3, 0.4) is 0 Å². The summed E-state index contributed by atoms with van der Waals surface area (Å²) in [5.41, 5.74) is 1.40. The number of fused-ring (bicyclic) bond motifs is 1. The van der Waals surface area contributed by atoms with E-state index in [0.29, 0.717) is 43.6 Å². The highest BCUT2D eigenvalue weighted by molar-refractivity contribution is 6.03. The van der Waals surface area contributed by atoms with Crippen LogP contribution in [0.15, 0.2) is 42.5 Å². The molecule has 0 bridgehead atoms. The zero-order valence-electron chi connectivity index (χ0n) is 16.3. The van der Waals surface area contributed by atoms with Crippen LogP contribution in [0.4, 0.5) is 11.4 Å². The summed E-state index contributed by atoms with van der Waals surface area (Å²) in [6.07, 6.45) is 1.01. The first-order valence-electron chi connectivity index (χ1n) is 9.88. The summed E-state index contributed by atoms with van der Waals surface area (Å²) in [4.78, 5) is 26.8. The van der Waals surface area contributed by atoms with Gasteiger partial charge in [0.2, 0.25) is 11.8 Å². The molecule has 2 aromatic rings. The molecule has 1 N–H and O–H groups in total. The van der Waals surface area contributed by atoms with Crippen LogP contribution in [-0.4, -0.2) is 38.2 Å². The lowest BCUT2D eigenvalue weighted by Gasteiger charge is -2.17. The van der Waals surface area contributed by atoms with E-state index in [0.717, 1.165) is 17.9 Å². The molecule has 0 unspecified atom stereocenters. The molecule has 1 atom stereocenters. The number of nitrogens with zero attached hydrogens (tertiary/aromatic N) is 1. The van der Waals surface area contributed by atoms with Crippen LogP contribution < -0.4 is 24.4 Å². The van der Waals surface area contributed by atoms with Gasteiger partial charge in [0.15, 0.2) is 11.5 Å². The van der Waals surface area contributed by atoms with Crippen molar-refractivity contribution in [3.63, 3.8) is 0 Å². The summed E-state index contributed by atoms with van der Waals surface area (Å²) in [6.45, 7) is 4.06. The zero-order valence-corrected chi connectivity index (χ0v) is 16.3. The Bertz CT molecular complexity index is 897. The standard InChI is InChI=1S/C22H24N2O5/c1-2-27-18-7-5-17(6-8-18)24-14-15(12-21(24)25)22(26)23-16-4-9-19-20(13-16)29-11-3-10-28-19/h4-9,13,15H,2-3,10-12,14H2,1H3,(H,23,26)/t15-/m1/s1. The second kappa shape index (κ2) is 8.43. The normalized spacial score (nSPS) is 18.3. The van der Waals surface area contributed by atoms with Crippen molar-refractivity contribution >= 4 is 23.2 Å².